The van der Waals surface area contributed by atoms with Crippen molar-refractivity contribution < 1.29 is 24.1 Å². The molecule has 3 saturated heterocycles. The number of fused-ring (bicyclic) bond motifs is 3. The van der Waals surface area contributed by atoms with Crippen LogP contribution >= 0.6 is 0 Å². The van der Waals surface area contributed by atoms with E-state index in [0.717, 1.165) is 5.56 Å². The van der Waals surface area contributed by atoms with Crippen LogP contribution < -0.4 is 0 Å². The minimum absolute atomic E-state index is 0.0766. The van der Waals surface area contributed by atoms with E-state index in [0.29, 0.717) is 32.6 Å². The van der Waals surface area contributed by atoms with Crippen LogP contribution in [0.1, 0.15) is 32.3 Å². The van der Waals surface area contributed by atoms with Crippen molar-refractivity contribution in [3.63, 3.8) is 0 Å². The van der Waals surface area contributed by atoms with Gasteiger partial charge >= 0.3 is 0 Å². The van der Waals surface area contributed by atoms with Crippen LogP contribution in [0.15, 0.2) is 30.3 Å². The van der Waals surface area contributed by atoms with Gasteiger partial charge in [0, 0.05) is 13.0 Å². The van der Waals surface area contributed by atoms with Crippen LogP contribution in [0, 0.1) is 5.92 Å². The summed E-state index contributed by atoms with van der Waals surface area (Å²) in [5.74, 6) is -0.686. The van der Waals surface area contributed by atoms with Crippen LogP contribution in [0.5, 0.6) is 0 Å². The summed E-state index contributed by atoms with van der Waals surface area (Å²) in [5, 5.41) is 10.9. The number of amides is 1. The third kappa shape index (κ3) is 3.39. The Bertz CT molecular complexity index is 649. The molecule has 5 atom stereocenters. The van der Waals surface area contributed by atoms with Gasteiger partial charge in [-0.3, -0.25) is 4.79 Å². The maximum Gasteiger partial charge on any atom is 0.223 e. The molecule has 0 spiro atoms. The van der Waals surface area contributed by atoms with Crippen molar-refractivity contribution in [3.05, 3.63) is 35.9 Å². The molecule has 4 rings (SSSR count). The number of aliphatic hydroxyl groups excluding tert-OH is 1. The van der Waals surface area contributed by atoms with Crippen LogP contribution in [0.25, 0.3) is 0 Å². The van der Waals surface area contributed by atoms with E-state index in [2.05, 4.69) is 0 Å². The summed E-state index contributed by atoms with van der Waals surface area (Å²) in [4.78, 5) is 14.3. The molecule has 3 heterocycles. The van der Waals surface area contributed by atoms with Gasteiger partial charge < -0.3 is 24.2 Å². The topological polar surface area (TPSA) is 68.2 Å². The first-order chi connectivity index (χ1) is 12.4. The third-order valence-corrected chi connectivity index (χ3v) is 5.63. The van der Waals surface area contributed by atoms with E-state index in [1.807, 2.05) is 44.2 Å². The maximum absolute atomic E-state index is 12.5. The average molecular weight is 361 g/mol. The van der Waals surface area contributed by atoms with Crippen molar-refractivity contribution >= 4 is 5.91 Å². The Labute approximate surface area is 154 Å². The van der Waals surface area contributed by atoms with Gasteiger partial charge in [-0.15, -0.1) is 0 Å². The SMILES string of the molecule is CC1(C)O[C@H]2[C@@H]3[C@@H](O)[C@H](CCOCc4ccccc4)CC(=O)N3C[C@H]2O1. The number of piperidine rings is 1. The molecule has 1 N–H and O–H groups in total. The Morgan fingerprint density at radius 3 is 2.81 bits per heavy atom. The minimum Gasteiger partial charge on any atom is -0.391 e. The molecule has 26 heavy (non-hydrogen) atoms. The zero-order valence-corrected chi connectivity index (χ0v) is 15.3. The molecule has 1 aromatic carbocycles. The van der Waals surface area contributed by atoms with Crippen molar-refractivity contribution in [1.82, 2.24) is 4.90 Å². The Morgan fingerprint density at radius 1 is 1.27 bits per heavy atom. The summed E-state index contributed by atoms with van der Waals surface area (Å²) in [6, 6.07) is 9.67. The number of rotatable bonds is 5. The lowest BCUT2D eigenvalue weighted by Gasteiger charge is -2.41. The van der Waals surface area contributed by atoms with Crippen molar-refractivity contribution in [2.45, 2.75) is 63.4 Å². The highest BCUT2D eigenvalue weighted by molar-refractivity contribution is 5.78. The first kappa shape index (κ1) is 17.9. The van der Waals surface area contributed by atoms with Gasteiger partial charge in [0.25, 0.3) is 0 Å². The minimum atomic E-state index is -0.657. The fourth-order valence-electron chi connectivity index (χ4n) is 4.45. The predicted molar refractivity (Wildman–Crippen MR) is 94.2 cm³/mol. The fraction of sp³-hybridized carbons (Fsp3) is 0.650. The van der Waals surface area contributed by atoms with E-state index in [4.69, 9.17) is 14.2 Å². The number of aliphatic hydroxyl groups is 1. The fourth-order valence-corrected chi connectivity index (χ4v) is 4.45. The molecule has 1 amide bonds. The lowest BCUT2D eigenvalue weighted by molar-refractivity contribution is -0.181. The summed E-state index contributed by atoms with van der Waals surface area (Å²) in [6.07, 6.45) is 0.000159. The maximum atomic E-state index is 12.5. The van der Waals surface area contributed by atoms with Gasteiger partial charge in [-0.05, 0) is 31.7 Å². The molecule has 3 fully saturated rings. The first-order valence-electron chi connectivity index (χ1n) is 9.39. The molecular weight excluding hydrogens is 334 g/mol. The van der Waals surface area contributed by atoms with E-state index in [1.54, 1.807) is 4.90 Å². The molecule has 3 aliphatic rings. The second kappa shape index (κ2) is 6.93. The summed E-state index contributed by atoms with van der Waals surface area (Å²) >= 11 is 0. The number of hydrogen-bond donors (Lipinski definition) is 1. The first-order valence-corrected chi connectivity index (χ1v) is 9.39. The van der Waals surface area contributed by atoms with Crippen LogP contribution in [-0.4, -0.2) is 59.2 Å². The highest BCUT2D eigenvalue weighted by atomic mass is 16.8. The van der Waals surface area contributed by atoms with Crippen LogP contribution in [-0.2, 0) is 25.6 Å². The van der Waals surface area contributed by atoms with Crippen molar-refractivity contribution in [1.29, 1.82) is 0 Å². The van der Waals surface area contributed by atoms with E-state index >= 15 is 0 Å². The number of benzene rings is 1. The lowest BCUT2D eigenvalue weighted by atomic mass is 9.84. The van der Waals surface area contributed by atoms with Crippen LogP contribution in [0.3, 0.4) is 0 Å². The van der Waals surface area contributed by atoms with E-state index in [1.165, 1.54) is 0 Å². The van der Waals surface area contributed by atoms with Gasteiger partial charge in [0.15, 0.2) is 5.79 Å². The largest absolute Gasteiger partial charge is 0.391 e. The number of carbonyl (C=O) groups is 1. The molecule has 0 bridgehead atoms. The second-order valence-electron chi connectivity index (χ2n) is 7.96. The van der Waals surface area contributed by atoms with Crippen molar-refractivity contribution in [2.75, 3.05) is 13.2 Å². The number of ether oxygens (including phenoxy) is 3. The second-order valence-corrected chi connectivity index (χ2v) is 7.96. The summed E-state index contributed by atoms with van der Waals surface area (Å²) < 4.78 is 17.6. The Kier molecular flexibility index (Phi) is 4.77. The summed E-state index contributed by atoms with van der Waals surface area (Å²) in [6.45, 7) is 5.33. The molecule has 6 nitrogen and oxygen atoms in total. The van der Waals surface area contributed by atoms with E-state index < -0.39 is 11.9 Å². The van der Waals surface area contributed by atoms with Gasteiger partial charge in [0.05, 0.1) is 25.3 Å². The standard InChI is InChI=1S/C20H27NO5/c1-20(2)25-15-11-21-16(22)10-14(18(23)17(21)19(15)26-20)8-9-24-12-13-6-4-3-5-7-13/h3-7,14-15,17-19,23H,8-12H2,1-2H3/t14-,15-,17+,18+,19-/m1/s1. The van der Waals surface area contributed by atoms with Crippen molar-refractivity contribution in [2.24, 2.45) is 5.92 Å². The van der Waals surface area contributed by atoms with Crippen LogP contribution in [0.2, 0.25) is 0 Å². The Balaban J connectivity index is 1.34. The van der Waals surface area contributed by atoms with Crippen molar-refractivity contribution in [3.8, 4) is 0 Å². The lowest BCUT2D eigenvalue weighted by Crippen LogP contribution is -2.56. The van der Waals surface area contributed by atoms with Gasteiger partial charge in [-0.2, -0.15) is 0 Å². The Morgan fingerprint density at radius 2 is 2.04 bits per heavy atom. The van der Waals surface area contributed by atoms with Gasteiger partial charge in [0.2, 0.25) is 5.91 Å². The Hall–Kier alpha value is -1.47. The number of nitrogens with zero attached hydrogens (tertiary/aromatic N) is 1. The zero-order valence-electron chi connectivity index (χ0n) is 15.3. The molecule has 0 aromatic heterocycles. The summed E-state index contributed by atoms with van der Waals surface area (Å²) in [5.41, 5.74) is 1.12. The molecule has 3 aliphatic heterocycles. The quantitative estimate of drug-likeness (QED) is 0.809. The third-order valence-electron chi connectivity index (χ3n) is 5.63. The highest BCUT2D eigenvalue weighted by Gasteiger charge is 2.58. The normalized spacial score (nSPS) is 35.4. The monoisotopic (exact) mass is 361 g/mol. The predicted octanol–water partition coefficient (Wildman–Crippen LogP) is 1.70. The molecule has 0 unspecified atom stereocenters. The highest BCUT2D eigenvalue weighted by Crippen LogP contribution is 2.42. The van der Waals surface area contributed by atoms with E-state index in [9.17, 15) is 9.90 Å². The van der Waals surface area contributed by atoms with Gasteiger partial charge in [-0.1, -0.05) is 30.3 Å². The summed E-state index contributed by atoms with van der Waals surface area (Å²) in [7, 11) is 0. The molecule has 6 heteroatoms. The number of carbonyl (C=O) groups excluding carboxylic acids is 1. The van der Waals surface area contributed by atoms with E-state index in [-0.39, 0.29) is 30.1 Å². The molecule has 0 saturated carbocycles. The molecular formula is C20H27NO5. The smallest absolute Gasteiger partial charge is 0.223 e. The zero-order chi connectivity index (χ0) is 18.3. The average Bonchev–Trinajstić information content (AvgIpc) is 3.09. The van der Waals surface area contributed by atoms with Gasteiger partial charge in [-0.25, -0.2) is 0 Å². The number of hydrogen-bond acceptors (Lipinski definition) is 5. The molecule has 1 aromatic rings. The molecule has 0 aliphatic carbocycles. The van der Waals surface area contributed by atoms with Crippen LogP contribution in [0.4, 0.5) is 0 Å². The molecule has 142 valence electrons. The molecule has 0 radical (unpaired) electrons. The van der Waals surface area contributed by atoms with Gasteiger partial charge in [0.1, 0.15) is 12.2 Å².